The fourth-order valence-electron chi connectivity index (χ4n) is 1.85. The van der Waals surface area contributed by atoms with E-state index in [1.165, 1.54) is 11.1 Å². The molecule has 0 spiro atoms. The smallest absolute Gasteiger partial charge is 0.415 e. The van der Waals surface area contributed by atoms with Crippen molar-refractivity contribution in [3.63, 3.8) is 0 Å². The molecule has 0 N–H and O–H groups in total. The second-order valence-electron chi connectivity index (χ2n) is 5.47. The second kappa shape index (κ2) is 6.83. The Labute approximate surface area is 128 Å². The number of amides is 1. The average molecular weight is 290 g/mol. The molecule has 0 atom stereocenters. The normalized spacial score (nSPS) is 13.5. The number of carbonyl (C=O) groups is 1. The Morgan fingerprint density at radius 3 is 2.62 bits per heavy atom. The van der Waals surface area contributed by atoms with Crippen LogP contribution in [0.2, 0.25) is 0 Å². The molecule has 0 saturated carbocycles. The van der Waals surface area contributed by atoms with Crippen LogP contribution in [0.3, 0.4) is 0 Å². The van der Waals surface area contributed by atoms with Crippen LogP contribution >= 0.6 is 0 Å². The van der Waals surface area contributed by atoms with E-state index in [0.717, 1.165) is 5.56 Å². The van der Waals surface area contributed by atoms with Gasteiger partial charge in [0.15, 0.2) is 0 Å². The van der Waals surface area contributed by atoms with E-state index in [4.69, 9.17) is 17.3 Å². The second-order valence-corrected chi connectivity index (χ2v) is 5.47. The van der Waals surface area contributed by atoms with Gasteiger partial charge in [0, 0.05) is 6.20 Å². The monoisotopic (exact) mass is 290 g/mol. The average Bonchev–Trinajstić information content (AvgIpc) is 2.43. The highest BCUT2D eigenvalue weighted by molar-refractivity contribution is 6.33. The minimum atomic E-state index is -0.544. The molecule has 0 fully saturated rings. The molecule has 1 amide bonds. The molecule has 1 aromatic rings. The Morgan fingerprint density at radius 2 is 2.05 bits per heavy atom. The van der Waals surface area contributed by atoms with E-state index in [-0.39, 0.29) is 0 Å². The number of fused-ring (bicyclic) bond motifs is 1. The third kappa shape index (κ3) is 4.13. The van der Waals surface area contributed by atoms with Gasteiger partial charge in [0.1, 0.15) is 25.7 Å². The third-order valence-corrected chi connectivity index (χ3v) is 2.75. The lowest BCUT2D eigenvalue weighted by molar-refractivity contribution is 0.0566. The first kappa shape index (κ1) is 17.3. The molecular formula is C15H23BN2O3. The van der Waals surface area contributed by atoms with Crippen molar-refractivity contribution in [1.29, 1.82) is 0 Å². The van der Waals surface area contributed by atoms with Gasteiger partial charge in [-0.2, -0.15) is 0 Å². The molecule has 21 heavy (non-hydrogen) atoms. The van der Waals surface area contributed by atoms with E-state index < -0.39 is 11.7 Å². The van der Waals surface area contributed by atoms with Crippen LogP contribution in [-0.2, 0) is 4.74 Å². The molecule has 0 aromatic carbocycles. The third-order valence-electron chi connectivity index (χ3n) is 2.75. The minimum absolute atomic E-state index is 0.391. The summed E-state index contributed by atoms with van der Waals surface area (Å²) in [4.78, 5) is 17.9. The number of ether oxygens (including phenoxy) is 2. The first-order chi connectivity index (χ1) is 9.79. The molecule has 114 valence electrons. The highest BCUT2D eigenvalue weighted by Gasteiger charge is 2.30. The summed E-state index contributed by atoms with van der Waals surface area (Å²) < 4.78 is 10.8. The van der Waals surface area contributed by atoms with Crippen LogP contribution in [0, 0.1) is 6.92 Å². The quantitative estimate of drug-likeness (QED) is 0.688. The van der Waals surface area contributed by atoms with E-state index in [2.05, 4.69) is 4.98 Å². The first-order valence-electron chi connectivity index (χ1n) is 7.18. The first-order valence-corrected chi connectivity index (χ1v) is 7.18. The van der Waals surface area contributed by atoms with E-state index >= 15 is 0 Å². The standard InChI is InChI=1S/C13H17BN2O3.C2H6/c1-8-9(14)7-15-11-10(8)16(5-6-18-11)12(17)19-13(2,3)4;1-2/h7H,5-6H2,1-4H3;1-2H3. The van der Waals surface area contributed by atoms with Gasteiger partial charge in [-0.3, -0.25) is 4.90 Å². The Bertz CT molecular complexity index is 512. The fraction of sp³-hybridized carbons (Fsp3) is 0.600. The van der Waals surface area contributed by atoms with Gasteiger partial charge in [0.05, 0.1) is 6.54 Å². The van der Waals surface area contributed by atoms with E-state index in [9.17, 15) is 4.79 Å². The lowest BCUT2D eigenvalue weighted by Gasteiger charge is -2.32. The fourth-order valence-corrected chi connectivity index (χ4v) is 1.85. The summed E-state index contributed by atoms with van der Waals surface area (Å²) in [6.45, 7) is 12.1. The lowest BCUT2D eigenvalue weighted by Crippen LogP contribution is -2.42. The number of aromatic nitrogens is 1. The van der Waals surface area contributed by atoms with Crippen molar-refractivity contribution >= 4 is 25.1 Å². The summed E-state index contributed by atoms with van der Waals surface area (Å²) in [5.74, 6) is 0.420. The summed E-state index contributed by atoms with van der Waals surface area (Å²) in [5.41, 5.74) is 1.35. The Balaban J connectivity index is 0.00000106. The number of carbonyl (C=O) groups excluding carboxylic acids is 1. The number of nitrogens with zero attached hydrogens (tertiary/aromatic N) is 2. The van der Waals surface area contributed by atoms with Crippen molar-refractivity contribution in [2.24, 2.45) is 0 Å². The predicted molar refractivity (Wildman–Crippen MR) is 84.8 cm³/mol. The predicted octanol–water partition coefficient (Wildman–Crippen LogP) is 2.34. The Kier molecular flexibility index (Phi) is 5.64. The van der Waals surface area contributed by atoms with Gasteiger partial charge in [0.25, 0.3) is 0 Å². The molecule has 0 aliphatic carbocycles. The van der Waals surface area contributed by atoms with Crippen LogP contribution in [0.1, 0.15) is 40.2 Å². The molecule has 6 heteroatoms. The molecule has 1 aromatic heterocycles. The highest BCUT2D eigenvalue weighted by Crippen LogP contribution is 2.32. The van der Waals surface area contributed by atoms with Crippen molar-refractivity contribution in [3.05, 3.63) is 11.8 Å². The molecule has 1 aliphatic rings. The van der Waals surface area contributed by atoms with Crippen molar-refractivity contribution < 1.29 is 14.3 Å². The zero-order valence-electron chi connectivity index (χ0n) is 13.7. The molecule has 1 aliphatic heterocycles. The molecule has 0 saturated heterocycles. The molecule has 2 heterocycles. The van der Waals surface area contributed by atoms with Crippen LogP contribution in [0.4, 0.5) is 10.5 Å². The van der Waals surface area contributed by atoms with E-state index in [1.54, 1.807) is 0 Å². The Morgan fingerprint density at radius 1 is 1.43 bits per heavy atom. The summed E-state index contributed by atoms with van der Waals surface area (Å²) in [5, 5.41) is 0. The van der Waals surface area contributed by atoms with Gasteiger partial charge in [0.2, 0.25) is 5.88 Å². The van der Waals surface area contributed by atoms with Crippen LogP contribution in [0.15, 0.2) is 6.20 Å². The van der Waals surface area contributed by atoms with Gasteiger partial charge in [-0.1, -0.05) is 19.3 Å². The van der Waals surface area contributed by atoms with Crippen molar-refractivity contribution in [1.82, 2.24) is 4.98 Å². The van der Waals surface area contributed by atoms with E-state index in [0.29, 0.717) is 30.2 Å². The maximum Gasteiger partial charge on any atom is 0.415 e. The zero-order chi connectivity index (χ0) is 16.2. The lowest BCUT2D eigenvalue weighted by atomic mass is 9.92. The van der Waals surface area contributed by atoms with Crippen LogP contribution in [-0.4, -0.2) is 37.7 Å². The molecular weight excluding hydrogens is 267 g/mol. The van der Waals surface area contributed by atoms with Crippen LogP contribution in [0.25, 0.3) is 0 Å². The molecule has 0 unspecified atom stereocenters. The molecule has 2 rings (SSSR count). The summed E-state index contributed by atoms with van der Waals surface area (Å²) in [6.07, 6.45) is 1.12. The van der Waals surface area contributed by atoms with Gasteiger partial charge in [-0.15, -0.1) is 0 Å². The van der Waals surface area contributed by atoms with Crippen LogP contribution < -0.4 is 15.1 Å². The molecule has 0 bridgehead atoms. The summed E-state index contributed by atoms with van der Waals surface area (Å²) in [6, 6.07) is 0. The van der Waals surface area contributed by atoms with Gasteiger partial charge in [-0.05, 0) is 33.3 Å². The summed E-state index contributed by atoms with van der Waals surface area (Å²) in [7, 11) is 5.84. The number of rotatable bonds is 0. The SMILES string of the molecule is CC.[B]c1cnc2c(c1C)N(C(=O)OC(C)(C)C)CCO2. The number of hydrogen-bond donors (Lipinski definition) is 0. The van der Waals surface area contributed by atoms with Crippen LogP contribution in [0.5, 0.6) is 5.88 Å². The summed E-state index contributed by atoms with van der Waals surface area (Å²) >= 11 is 0. The maximum absolute atomic E-state index is 12.2. The largest absolute Gasteiger partial charge is 0.474 e. The zero-order valence-corrected chi connectivity index (χ0v) is 13.7. The Hall–Kier alpha value is -1.72. The minimum Gasteiger partial charge on any atom is -0.474 e. The van der Waals surface area contributed by atoms with Crippen molar-refractivity contribution in [2.45, 2.75) is 47.1 Å². The van der Waals surface area contributed by atoms with Gasteiger partial charge in [-0.25, -0.2) is 9.78 Å². The molecule has 2 radical (unpaired) electrons. The number of pyridine rings is 1. The number of hydrogen-bond acceptors (Lipinski definition) is 4. The maximum atomic E-state index is 12.2. The molecule has 5 nitrogen and oxygen atoms in total. The van der Waals surface area contributed by atoms with Crippen molar-refractivity contribution in [3.8, 4) is 5.88 Å². The highest BCUT2D eigenvalue weighted by atomic mass is 16.6. The van der Waals surface area contributed by atoms with Gasteiger partial charge >= 0.3 is 6.09 Å². The van der Waals surface area contributed by atoms with Crippen molar-refractivity contribution in [2.75, 3.05) is 18.1 Å². The van der Waals surface area contributed by atoms with E-state index in [1.807, 2.05) is 41.5 Å². The number of anilines is 1. The van der Waals surface area contributed by atoms with Gasteiger partial charge < -0.3 is 9.47 Å². The topological polar surface area (TPSA) is 51.7 Å².